The molecule has 0 fully saturated rings. The Morgan fingerprint density at radius 3 is 2.60 bits per heavy atom. The second-order valence-corrected chi connectivity index (χ2v) is 3.64. The van der Waals surface area contributed by atoms with Gasteiger partial charge in [0.05, 0.1) is 19.5 Å². The Balaban J connectivity index is 3.23. The fraction of sp³-hybridized carbons (Fsp3) is 0.750. The van der Waals surface area contributed by atoms with E-state index >= 15 is 0 Å². The van der Waals surface area contributed by atoms with Crippen molar-refractivity contribution in [3.8, 4) is 0 Å². The predicted octanol–water partition coefficient (Wildman–Crippen LogP) is -0.816. The first kappa shape index (κ1) is 14.1. The van der Waals surface area contributed by atoms with Crippen molar-refractivity contribution >= 4 is 23.8 Å². The molecule has 0 bridgehead atoms. The third kappa shape index (κ3) is 9.36. The molecule has 0 rings (SSSR count). The van der Waals surface area contributed by atoms with Gasteiger partial charge in [0, 0.05) is 18.8 Å². The maximum Gasteiger partial charge on any atom is 0.315 e. The number of methoxy groups -OCH3 is 1. The molecule has 0 saturated carbocycles. The molecule has 0 aliphatic heterocycles. The van der Waals surface area contributed by atoms with Crippen LogP contribution in [0.2, 0.25) is 0 Å². The number of urea groups is 1. The van der Waals surface area contributed by atoms with Crippen molar-refractivity contribution in [2.75, 3.05) is 38.3 Å². The lowest BCUT2D eigenvalue weighted by Gasteiger charge is -2.05. The van der Waals surface area contributed by atoms with Gasteiger partial charge in [-0.15, -0.1) is 11.8 Å². The molecule has 0 aliphatic carbocycles. The average molecular weight is 236 g/mol. The number of rotatable bonds is 7. The van der Waals surface area contributed by atoms with Crippen LogP contribution in [0.3, 0.4) is 0 Å². The highest BCUT2D eigenvalue weighted by Crippen LogP contribution is 1.98. The summed E-state index contributed by atoms with van der Waals surface area (Å²) < 4.78 is 4.44. The van der Waals surface area contributed by atoms with Gasteiger partial charge in [0.25, 0.3) is 0 Å². The molecule has 0 atom stereocenters. The van der Waals surface area contributed by atoms with E-state index in [1.165, 1.54) is 18.9 Å². The fourth-order valence-electron chi connectivity index (χ4n) is 0.683. The molecule has 0 radical (unpaired) electrons. The first-order chi connectivity index (χ1) is 7.20. The van der Waals surface area contributed by atoms with Crippen molar-refractivity contribution in [3.05, 3.63) is 0 Å². The van der Waals surface area contributed by atoms with E-state index in [2.05, 4.69) is 15.4 Å². The summed E-state index contributed by atoms with van der Waals surface area (Å²) in [5, 5.41) is 13.4. The molecule has 3 N–H and O–H groups in total. The highest BCUT2D eigenvalue weighted by molar-refractivity contribution is 7.99. The second-order valence-electron chi connectivity index (χ2n) is 2.54. The summed E-state index contributed by atoms with van der Waals surface area (Å²) in [6.45, 7) is 0.630. The highest BCUT2D eigenvalue weighted by Gasteiger charge is 2.00. The number of nitrogens with one attached hydrogen (secondary N) is 2. The number of esters is 1. The Bertz CT molecular complexity index is 201. The zero-order valence-electron chi connectivity index (χ0n) is 8.62. The van der Waals surface area contributed by atoms with Crippen LogP contribution in [0.1, 0.15) is 0 Å². The number of carbonyl (C=O) groups excluding carboxylic acids is 2. The van der Waals surface area contributed by atoms with Gasteiger partial charge >= 0.3 is 12.0 Å². The average Bonchev–Trinajstić information content (AvgIpc) is 2.25. The molecular formula is C8H16N2O4S. The van der Waals surface area contributed by atoms with Gasteiger partial charge in [0.1, 0.15) is 0 Å². The van der Waals surface area contributed by atoms with Gasteiger partial charge in [-0.3, -0.25) is 4.79 Å². The van der Waals surface area contributed by atoms with E-state index < -0.39 is 0 Å². The number of aliphatic hydroxyl groups excluding tert-OH is 1. The number of hydrogen-bond acceptors (Lipinski definition) is 5. The second kappa shape index (κ2) is 9.60. The Kier molecular flexibility index (Phi) is 8.99. The Morgan fingerprint density at radius 2 is 2.00 bits per heavy atom. The lowest BCUT2D eigenvalue weighted by molar-refractivity contribution is -0.137. The first-order valence-electron chi connectivity index (χ1n) is 4.47. The Labute approximate surface area is 92.7 Å². The molecule has 7 heteroatoms. The van der Waals surface area contributed by atoms with Gasteiger partial charge in [0.2, 0.25) is 0 Å². The molecule has 6 nitrogen and oxygen atoms in total. The molecule has 0 aromatic carbocycles. The van der Waals surface area contributed by atoms with Gasteiger partial charge in [0.15, 0.2) is 0 Å². The van der Waals surface area contributed by atoms with Crippen LogP contribution in [0.5, 0.6) is 0 Å². The van der Waals surface area contributed by atoms with E-state index in [1.807, 2.05) is 0 Å². The largest absolute Gasteiger partial charge is 0.468 e. The van der Waals surface area contributed by atoms with Crippen molar-refractivity contribution in [3.63, 3.8) is 0 Å². The van der Waals surface area contributed by atoms with Crippen molar-refractivity contribution in [2.45, 2.75) is 0 Å². The van der Waals surface area contributed by atoms with Crippen molar-refractivity contribution in [1.29, 1.82) is 0 Å². The summed E-state index contributed by atoms with van der Waals surface area (Å²) >= 11 is 1.39. The van der Waals surface area contributed by atoms with Crippen molar-refractivity contribution in [2.24, 2.45) is 0 Å². The molecule has 15 heavy (non-hydrogen) atoms. The summed E-state index contributed by atoms with van der Waals surface area (Å²) in [7, 11) is 1.34. The van der Waals surface area contributed by atoms with E-state index in [0.29, 0.717) is 12.3 Å². The van der Waals surface area contributed by atoms with Gasteiger partial charge in [-0.25, -0.2) is 4.79 Å². The normalized spacial score (nSPS) is 9.47. The molecule has 88 valence electrons. The Morgan fingerprint density at radius 1 is 1.33 bits per heavy atom. The first-order valence-corrected chi connectivity index (χ1v) is 5.63. The molecule has 0 aromatic heterocycles. The van der Waals surface area contributed by atoms with Crippen LogP contribution in [0.4, 0.5) is 4.79 Å². The minimum Gasteiger partial charge on any atom is -0.468 e. The molecule has 0 aromatic rings. The van der Waals surface area contributed by atoms with Crippen LogP contribution in [0.25, 0.3) is 0 Å². The molecular weight excluding hydrogens is 220 g/mol. The summed E-state index contributed by atoms with van der Waals surface area (Å²) in [4.78, 5) is 21.6. The monoisotopic (exact) mass is 236 g/mol. The van der Waals surface area contributed by atoms with Crippen LogP contribution in [-0.4, -0.2) is 55.4 Å². The smallest absolute Gasteiger partial charge is 0.315 e. The quantitative estimate of drug-likeness (QED) is 0.397. The lowest BCUT2D eigenvalue weighted by atomic mass is 10.6. The van der Waals surface area contributed by atoms with E-state index in [-0.39, 0.29) is 30.9 Å². The minimum atomic E-state index is -0.317. The molecule has 0 saturated heterocycles. The van der Waals surface area contributed by atoms with E-state index in [0.717, 1.165) is 0 Å². The summed E-state index contributed by atoms with van der Waals surface area (Å²) in [6, 6.07) is -0.317. The predicted molar refractivity (Wildman–Crippen MR) is 57.8 cm³/mol. The van der Waals surface area contributed by atoms with Crippen LogP contribution >= 0.6 is 11.8 Å². The van der Waals surface area contributed by atoms with Crippen molar-refractivity contribution < 1.29 is 19.4 Å². The molecule has 0 spiro atoms. The molecule has 0 aliphatic rings. The van der Waals surface area contributed by atoms with Gasteiger partial charge in [-0.2, -0.15) is 0 Å². The highest BCUT2D eigenvalue weighted by atomic mass is 32.2. The number of aliphatic hydroxyl groups is 1. The summed E-state index contributed by atoms with van der Waals surface area (Å²) in [6.07, 6.45) is 0. The SMILES string of the molecule is COC(=O)CSCCNC(=O)NCCO. The van der Waals surface area contributed by atoms with Crippen LogP contribution in [-0.2, 0) is 9.53 Å². The standard InChI is InChI=1S/C8H16N2O4S/c1-14-7(12)6-15-5-3-10-8(13)9-2-4-11/h11H,2-6H2,1H3,(H2,9,10,13). The zero-order chi connectivity index (χ0) is 11.5. The van der Waals surface area contributed by atoms with Crippen LogP contribution in [0, 0.1) is 0 Å². The maximum atomic E-state index is 10.9. The van der Waals surface area contributed by atoms with Crippen LogP contribution in [0.15, 0.2) is 0 Å². The summed E-state index contributed by atoms with van der Waals surface area (Å²) in [5.41, 5.74) is 0. The zero-order valence-corrected chi connectivity index (χ0v) is 9.43. The molecule has 2 amide bonds. The third-order valence-corrected chi connectivity index (χ3v) is 2.31. The van der Waals surface area contributed by atoms with Crippen molar-refractivity contribution in [1.82, 2.24) is 10.6 Å². The number of thioether (sulfide) groups is 1. The summed E-state index contributed by atoms with van der Waals surface area (Å²) in [5.74, 6) is 0.655. The van der Waals surface area contributed by atoms with Gasteiger partial charge < -0.3 is 20.5 Å². The van der Waals surface area contributed by atoms with Gasteiger partial charge in [-0.05, 0) is 0 Å². The van der Waals surface area contributed by atoms with Crippen LogP contribution < -0.4 is 10.6 Å². The van der Waals surface area contributed by atoms with E-state index in [4.69, 9.17) is 5.11 Å². The number of amides is 2. The van der Waals surface area contributed by atoms with Gasteiger partial charge in [-0.1, -0.05) is 0 Å². The number of hydrogen-bond donors (Lipinski definition) is 3. The molecule has 0 unspecified atom stereocenters. The minimum absolute atomic E-state index is 0.0789. The number of ether oxygens (including phenoxy) is 1. The topological polar surface area (TPSA) is 87.7 Å². The third-order valence-electron chi connectivity index (χ3n) is 1.38. The van der Waals surface area contributed by atoms with E-state index in [9.17, 15) is 9.59 Å². The fourth-order valence-corrected chi connectivity index (χ4v) is 1.36. The molecule has 0 heterocycles. The van der Waals surface area contributed by atoms with E-state index in [1.54, 1.807) is 0 Å². The number of carbonyl (C=O) groups is 2. The lowest BCUT2D eigenvalue weighted by Crippen LogP contribution is -2.38. The Hall–Kier alpha value is -0.950. The maximum absolute atomic E-state index is 10.9.